The van der Waals surface area contributed by atoms with Gasteiger partial charge in [-0.3, -0.25) is 9.89 Å². The zero-order chi connectivity index (χ0) is 9.84. The van der Waals surface area contributed by atoms with Crippen molar-refractivity contribution in [2.75, 3.05) is 0 Å². The van der Waals surface area contributed by atoms with Crippen molar-refractivity contribution >= 4 is 5.97 Å². The van der Waals surface area contributed by atoms with E-state index in [9.17, 15) is 9.59 Å². The van der Waals surface area contributed by atoms with E-state index in [-0.39, 0.29) is 18.0 Å². The second-order valence-corrected chi connectivity index (χ2v) is 2.84. The van der Waals surface area contributed by atoms with Gasteiger partial charge in [-0.2, -0.15) is 0 Å². The Kier molecular flexibility index (Phi) is 4.96. The van der Waals surface area contributed by atoms with E-state index in [2.05, 4.69) is 15.9 Å². The minimum Gasteiger partial charge on any atom is -1.00 e. The van der Waals surface area contributed by atoms with Crippen LogP contribution in [0.2, 0.25) is 0 Å². The third kappa shape index (κ3) is 3.23. The van der Waals surface area contributed by atoms with E-state index >= 15 is 0 Å². The summed E-state index contributed by atoms with van der Waals surface area (Å²) in [5.41, 5.74) is 3.81. The lowest BCUT2D eigenvalue weighted by Crippen LogP contribution is -3.00. The van der Waals surface area contributed by atoms with Gasteiger partial charge in [0.15, 0.2) is 6.04 Å². The number of hydrogen-bond donors (Lipinski definition) is 4. The van der Waals surface area contributed by atoms with Crippen molar-refractivity contribution in [2.45, 2.75) is 18.9 Å². The average Bonchev–Trinajstić information content (AvgIpc) is 2.47. The molecule has 6 nitrogen and oxygen atoms in total. The lowest BCUT2D eigenvalue weighted by Gasteiger charge is -1.99. The highest BCUT2D eigenvalue weighted by atomic mass is 35.5. The first-order valence-corrected chi connectivity index (χ1v) is 3.92. The first-order chi connectivity index (χ1) is 6.11. The van der Waals surface area contributed by atoms with Crippen LogP contribution in [0.4, 0.5) is 0 Å². The highest BCUT2D eigenvalue weighted by Crippen LogP contribution is 1.96. The third-order valence-corrected chi connectivity index (χ3v) is 1.84. The Morgan fingerprint density at radius 3 is 2.71 bits per heavy atom. The summed E-state index contributed by atoms with van der Waals surface area (Å²) in [7, 11) is 0. The van der Waals surface area contributed by atoms with Gasteiger partial charge in [-0.05, 0) is 6.42 Å². The number of halogens is 1. The summed E-state index contributed by atoms with van der Waals surface area (Å²) in [6.45, 7) is 0. The molecule has 0 aromatic carbocycles. The van der Waals surface area contributed by atoms with E-state index in [1.807, 2.05) is 0 Å². The highest BCUT2D eigenvalue weighted by Gasteiger charge is 2.15. The van der Waals surface area contributed by atoms with Gasteiger partial charge in [-0.25, -0.2) is 4.79 Å². The fourth-order valence-electron chi connectivity index (χ4n) is 0.973. The number of carboxylic acids is 1. The molecule has 80 valence electrons. The van der Waals surface area contributed by atoms with Crippen LogP contribution in [0.25, 0.3) is 0 Å². The molecule has 0 saturated carbocycles. The first kappa shape index (κ1) is 12.7. The Bertz CT molecular complexity index is 346. The number of nitrogens with one attached hydrogen (secondary N) is 2. The summed E-state index contributed by atoms with van der Waals surface area (Å²) in [5.74, 6) is -0.938. The van der Waals surface area contributed by atoms with Crippen molar-refractivity contribution in [3.8, 4) is 0 Å². The lowest BCUT2D eigenvalue weighted by molar-refractivity contribution is -0.408. The summed E-state index contributed by atoms with van der Waals surface area (Å²) < 4.78 is 0. The van der Waals surface area contributed by atoms with Crippen molar-refractivity contribution in [3.63, 3.8) is 0 Å². The zero-order valence-electron chi connectivity index (χ0n) is 7.42. The number of aryl methyl sites for hydroxylation is 1. The number of aromatic nitrogens is 2. The van der Waals surface area contributed by atoms with Crippen LogP contribution in [-0.4, -0.2) is 27.3 Å². The molecule has 0 aliphatic heterocycles. The minimum absolute atomic E-state index is 0. The van der Waals surface area contributed by atoms with Crippen LogP contribution in [0.15, 0.2) is 11.0 Å². The number of rotatable bonds is 4. The molecule has 0 radical (unpaired) electrons. The largest absolute Gasteiger partial charge is 1.00 e. The van der Waals surface area contributed by atoms with E-state index in [0.29, 0.717) is 18.4 Å². The molecule has 1 aromatic rings. The molecule has 0 amide bonds. The summed E-state index contributed by atoms with van der Waals surface area (Å²) >= 11 is 0. The van der Waals surface area contributed by atoms with E-state index < -0.39 is 12.0 Å². The molecule has 0 aliphatic rings. The number of hydrogen-bond acceptors (Lipinski definition) is 2. The molecule has 1 rings (SSSR count). The van der Waals surface area contributed by atoms with Gasteiger partial charge in [0.05, 0.1) is 0 Å². The molecular formula is C7H12ClN3O3. The molecule has 0 saturated heterocycles. The van der Waals surface area contributed by atoms with E-state index in [1.165, 1.54) is 6.20 Å². The summed E-state index contributed by atoms with van der Waals surface area (Å²) in [6, 6.07) is -0.658. The molecule has 6 N–H and O–H groups in total. The smallest absolute Gasteiger partial charge is 0.362 e. The monoisotopic (exact) mass is 221 g/mol. The van der Waals surface area contributed by atoms with Crippen LogP contribution in [0.5, 0.6) is 0 Å². The third-order valence-electron chi connectivity index (χ3n) is 1.84. The molecule has 1 heterocycles. The number of carboxylic acid groups (broad SMARTS) is 1. The molecule has 0 bridgehead atoms. The van der Waals surface area contributed by atoms with E-state index in [0.717, 1.165) is 0 Å². The standard InChI is InChI=1S/C7H11N3O3.ClH/c8-5(7(12)13)2-1-4-3-9-10-6(4)11;/h3,5H,1-2,8H2,(H,12,13)(H2,9,10,11);1H/t5-;/m0./s1. The fraction of sp³-hybridized carbons (Fsp3) is 0.429. The van der Waals surface area contributed by atoms with Crippen LogP contribution in [0.3, 0.4) is 0 Å². The van der Waals surface area contributed by atoms with Gasteiger partial charge in [0.25, 0.3) is 5.56 Å². The topological polar surface area (TPSA) is 114 Å². The molecule has 1 aromatic heterocycles. The maximum absolute atomic E-state index is 10.9. The molecule has 0 aliphatic carbocycles. The van der Waals surface area contributed by atoms with E-state index in [1.54, 1.807) is 0 Å². The van der Waals surface area contributed by atoms with Crippen LogP contribution in [0.1, 0.15) is 12.0 Å². The van der Waals surface area contributed by atoms with Crippen molar-refractivity contribution in [2.24, 2.45) is 0 Å². The SMILES string of the molecule is [Cl-].[NH3+][C@@H](CCc1c[nH][nH]c1=O)C(=O)O. The van der Waals surface area contributed by atoms with Crippen LogP contribution in [-0.2, 0) is 11.2 Å². The predicted octanol–water partition coefficient (Wildman–Crippen LogP) is -4.67. The average molecular weight is 222 g/mol. The molecule has 0 fully saturated rings. The number of aromatic amines is 2. The molecule has 14 heavy (non-hydrogen) atoms. The number of carbonyl (C=O) groups is 1. The van der Waals surface area contributed by atoms with Crippen molar-refractivity contribution in [3.05, 3.63) is 22.1 Å². The zero-order valence-corrected chi connectivity index (χ0v) is 8.17. The molecule has 0 spiro atoms. The number of H-pyrrole nitrogens is 2. The Labute approximate surface area is 85.9 Å². The van der Waals surface area contributed by atoms with E-state index in [4.69, 9.17) is 5.11 Å². The van der Waals surface area contributed by atoms with Crippen LogP contribution in [0, 0.1) is 0 Å². The maximum atomic E-state index is 10.9. The normalized spacial score (nSPS) is 11.8. The predicted molar refractivity (Wildman–Crippen MR) is 44.0 cm³/mol. The van der Waals surface area contributed by atoms with Crippen molar-refractivity contribution < 1.29 is 28.0 Å². The summed E-state index contributed by atoms with van der Waals surface area (Å²) in [5, 5.41) is 13.4. The summed E-state index contributed by atoms with van der Waals surface area (Å²) in [6.07, 6.45) is 2.34. The summed E-state index contributed by atoms with van der Waals surface area (Å²) in [4.78, 5) is 21.3. The highest BCUT2D eigenvalue weighted by molar-refractivity contribution is 5.71. The molecular weight excluding hydrogens is 210 g/mol. The van der Waals surface area contributed by atoms with Gasteiger partial charge in [0.2, 0.25) is 0 Å². The van der Waals surface area contributed by atoms with Gasteiger partial charge in [0, 0.05) is 18.2 Å². The quantitative estimate of drug-likeness (QED) is 0.410. The van der Waals surface area contributed by atoms with Gasteiger partial charge >= 0.3 is 5.97 Å². The van der Waals surface area contributed by atoms with Crippen LogP contribution >= 0.6 is 0 Å². The van der Waals surface area contributed by atoms with Crippen molar-refractivity contribution in [1.82, 2.24) is 10.2 Å². The van der Waals surface area contributed by atoms with Gasteiger partial charge in [0.1, 0.15) is 0 Å². The second kappa shape index (κ2) is 5.46. The van der Waals surface area contributed by atoms with Crippen LogP contribution < -0.4 is 23.7 Å². The fourth-order valence-corrected chi connectivity index (χ4v) is 0.973. The Hall–Kier alpha value is -1.27. The lowest BCUT2D eigenvalue weighted by atomic mass is 10.1. The molecule has 0 unspecified atom stereocenters. The Morgan fingerprint density at radius 1 is 1.64 bits per heavy atom. The molecule has 1 atom stereocenters. The van der Waals surface area contributed by atoms with Gasteiger partial charge in [-0.1, -0.05) is 0 Å². The number of aliphatic carboxylic acids is 1. The minimum atomic E-state index is -0.938. The first-order valence-electron chi connectivity index (χ1n) is 3.92. The van der Waals surface area contributed by atoms with Crippen molar-refractivity contribution in [1.29, 1.82) is 0 Å². The number of quaternary nitrogens is 1. The maximum Gasteiger partial charge on any atom is 0.362 e. The second-order valence-electron chi connectivity index (χ2n) is 2.84. The molecule has 7 heteroatoms. The van der Waals surface area contributed by atoms with Gasteiger partial charge < -0.3 is 28.3 Å². The Morgan fingerprint density at radius 2 is 2.29 bits per heavy atom. The Balaban J connectivity index is 0.00000169. The van der Waals surface area contributed by atoms with Gasteiger partial charge in [-0.15, -0.1) is 0 Å².